The Morgan fingerprint density at radius 3 is 2.02 bits per heavy atom. The van der Waals surface area contributed by atoms with Crippen LogP contribution in [0.15, 0.2) is 65.2 Å². The molecule has 0 spiro atoms. The van der Waals surface area contributed by atoms with Crippen LogP contribution in [0.2, 0.25) is 0 Å². The van der Waals surface area contributed by atoms with Crippen LogP contribution in [-0.2, 0) is 34.7 Å². The van der Waals surface area contributed by atoms with Crippen molar-refractivity contribution in [2.45, 2.75) is 51.4 Å². The van der Waals surface area contributed by atoms with Crippen LogP contribution in [0, 0.1) is 0 Å². The van der Waals surface area contributed by atoms with Gasteiger partial charge in [0.1, 0.15) is 5.82 Å². The molecule has 3 amide bonds. The summed E-state index contributed by atoms with van der Waals surface area (Å²) in [6, 6.07) is 12.6. The van der Waals surface area contributed by atoms with Gasteiger partial charge in [-0.1, -0.05) is 24.3 Å². The van der Waals surface area contributed by atoms with Gasteiger partial charge in [-0.3, -0.25) is 14.4 Å². The van der Waals surface area contributed by atoms with Gasteiger partial charge >= 0.3 is 18.0 Å². The summed E-state index contributed by atoms with van der Waals surface area (Å²) in [7, 11) is -0.492. The number of esters is 2. The molecule has 0 aliphatic carbocycles. The molecule has 0 saturated heterocycles. The van der Waals surface area contributed by atoms with Crippen LogP contribution in [0.1, 0.15) is 61.4 Å². The molecule has 3 aromatic rings. The van der Waals surface area contributed by atoms with Gasteiger partial charge in [0.25, 0.3) is 11.8 Å². The molecule has 0 bridgehead atoms. The monoisotopic (exact) mass is 687 g/mol. The molecule has 0 aliphatic rings. The van der Waals surface area contributed by atoms with Crippen LogP contribution < -0.4 is 16.4 Å². The van der Waals surface area contributed by atoms with E-state index in [0.29, 0.717) is 42.5 Å². The highest BCUT2D eigenvalue weighted by atomic mass is 32.2. The summed E-state index contributed by atoms with van der Waals surface area (Å²) >= 11 is 0. The molecule has 0 fully saturated rings. The molecule has 12 nitrogen and oxygen atoms in total. The number of anilines is 3. The quantitative estimate of drug-likeness (QED) is 0.121. The third-order valence-electron chi connectivity index (χ3n) is 7.14. The van der Waals surface area contributed by atoms with E-state index in [4.69, 9.17) is 5.73 Å². The van der Waals surface area contributed by atoms with Crippen molar-refractivity contribution in [3.63, 3.8) is 0 Å². The summed E-state index contributed by atoms with van der Waals surface area (Å²) in [5.74, 6) is -4.35. The first-order valence-electron chi connectivity index (χ1n) is 15.1. The average molecular weight is 688 g/mol. The largest absolute Gasteiger partial charge is 0.469 e. The zero-order valence-corrected chi connectivity index (χ0v) is 27.7. The lowest BCUT2D eigenvalue weighted by Gasteiger charge is -2.13. The fourth-order valence-corrected chi connectivity index (χ4v) is 6.62. The highest BCUT2D eigenvalue weighted by Gasteiger charge is 2.24. The number of pyridine rings is 1. The number of aromatic nitrogens is 1. The number of halogens is 2. The molecule has 0 saturated carbocycles. The van der Waals surface area contributed by atoms with Crippen LogP contribution in [0.4, 0.5) is 30.8 Å². The number of amides is 3. The average Bonchev–Trinajstić information content (AvgIpc) is 3.05. The van der Waals surface area contributed by atoms with Crippen LogP contribution in [0.3, 0.4) is 0 Å². The van der Waals surface area contributed by atoms with E-state index in [1.54, 1.807) is 24.3 Å². The second-order valence-electron chi connectivity index (χ2n) is 10.9. The SMILES string of the molecule is COC(=O)CCCCS(=O)(CCCCC(=O)OC)=NC(=O)c1cnc(N)c(-c2ccc(NC(=O)Nc3cccc(C(C)(F)F)c3)cc2)c1. The molecule has 1 heterocycles. The fourth-order valence-electron chi connectivity index (χ4n) is 4.52. The van der Waals surface area contributed by atoms with Gasteiger partial charge in [-0.05, 0) is 61.6 Å². The number of methoxy groups -OCH3 is 2. The number of benzene rings is 2. The number of hydrogen-bond acceptors (Lipinski definition) is 9. The summed E-state index contributed by atoms with van der Waals surface area (Å²) in [6.45, 7) is 0.768. The van der Waals surface area contributed by atoms with Gasteiger partial charge in [0.2, 0.25) is 0 Å². The highest BCUT2D eigenvalue weighted by Crippen LogP contribution is 2.29. The standard InChI is InChI=1S/C33H39F2N5O7S/c1-33(34,35)24-9-8-10-26(20-24)39-32(44)38-25-15-13-22(14-16-25)27-19-23(21-37-30(27)36)31(43)40-48(45,17-6-4-11-28(41)46-2)18-7-5-12-29(42)47-3/h8-10,13-16,19-21H,4-7,11-12,17-18H2,1-3H3,(H2,36,37)(H2,38,39,44). The normalized spacial score (nSPS) is 11.4. The van der Waals surface area contributed by atoms with E-state index in [0.717, 1.165) is 6.92 Å². The van der Waals surface area contributed by atoms with E-state index in [1.807, 2.05) is 0 Å². The maximum absolute atomic E-state index is 13.8. The Morgan fingerprint density at radius 1 is 0.875 bits per heavy atom. The van der Waals surface area contributed by atoms with E-state index in [-0.39, 0.29) is 47.0 Å². The van der Waals surface area contributed by atoms with Crippen LogP contribution in [0.5, 0.6) is 0 Å². The zero-order chi connectivity index (χ0) is 35.3. The van der Waals surface area contributed by atoms with Crippen molar-refractivity contribution in [3.05, 3.63) is 71.9 Å². The van der Waals surface area contributed by atoms with E-state index < -0.39 is 39.5 Å². The molecule has 4 N–H and O–H groups in total. The number of alkyl halides is 2. The van der Waals surface area contributed by atoms with E-state index in [2.05, 4.69) is 29.5 Å². The van der Waals surface area contributed by atoms with E-state index in [1.165, 1.54) is 50.7 Å². The minimum absolute atomic E-state index is 0.0533. The summed E-state index contributed by atoms with van der Waals surface area (Å²) in [5.41, 5.74) is 7.47. The molecule has 0 atom stereocenters. The Balaban J connectivity index is 1.74. The fraction of sp³-hybridized carbons (Fsp3) is 0.364. The second kappa shape index (κ2) is 17.3. The van der Waals surface area contributed by atoms with Gasteiger partial charge in [-0.15, -0.1) is 0 Å². The lowest BCUT2D eigenvalue weighted by atomic mass is 10.0. The van der Waals surface area contributed by atoms with Gasteiger partial charge in [0.15, 0.2) is 0 Å². The third kappa shape index (κ3) is 11.7. The van der Waals surface area contributed by atoms with Crippen molar-refractivity contribution in [1.29, 1.82) is 0 Å². The van der Waals surface area contributed by atoms with Crippen LogP contribution in [0.25, 0.3) is 11.1 Å². The zero-order valence-electron chi connectivity index (χ0n) is 26.9. The highest BCUT2D eigenvalue weighted by molar-refractivity contribution is 7.93. The lowest BCUT2D eigenvalue weighted by molar-refractivity contribution is -0.141. The molecule has 2 aromatic carbocycles. The Kier molecular flexibility index (Phi) is 13.5. The molecule has 15 heteroatoms. The molecule has 3 rings (SSSR count). The number of nitrogens with zero attached hydrogens (tertiary/aromatic N) is 2. The number of carbonyl (C=O) groups excluding carboxylic acids is 4. The summed E-state index contributed by atoms with van der Waals surface area (Å²) < 4.78 is 54.4. The van der Waals surface area contributed by atoms with Crippen molar-refractivity contribution in [2.24, 2.45) is 4.36 Å². The molecular weight excluding hydrogens is 648 g/mol. The number of nitrogen functional groups attached to an aromatic ring is 1. The molecule has 1 aromatic heterocycles. The third-order valence-corrected chi connectivity index (χ3v) is 9.49. The first-order valence-corrected chi connectivity index (χ1v) is 16.9. The molecule has 0 radical (unpaired) electrons. The van der Waals surface area contributed by atoms with Gasteiger partial charge in [-0.25, -0.2) is 22.8 Å². The van der Waals surface area contributed by atoms with Crippen molar-refractivity contribution in [3.8, 4) is 11.1 Å². The minimum Gasteiger partial charge on any atom is -0.469 e. The molecule has 0 unspecified atom stereocenters. The summed E-state index contributed by atoms with van der Waals surface area (Å²) in [6.07, 6.45) is 3.06. The topological polar surface area (TPSA) is 179 Å². The Bertz CT molecular complexity index is 1710. The summed E-state index contributed by atoms with van der Waals surface area (Å²) in [5, 5.41) is 5.14. The smallest absolute Gasteiger partial charge is 0.323 e. The first kappa shape index (κ1) is 37.5. The Morgan fingerprint density at radius 2 is 1.46 bits per heavy atom. The maximum atomic E-state index is 13.8. The number of carbonyl (C=O) groups is 4. The van der Waals surface area contributed by atoms with Gasteiger partial charge < -0.3 is 25.8 Å². The molecule has 0 aliphatic heterocycles. The number of hydrogen-bond donors (Lipinski definition) is 3. The molecular formula is C33H39F2N5O7S. The number of ether oxygens (including phenoxy) is 2. The first-order chi connectivity index (χ1) is 22.7. The minimum atomic E-state index is -3.06. The van der Waals surface area contributed by atoms with Crippen molar-refractivity contribution < 1.29 is 41.6 Å². The van der Waals surface area contributed by atoms with Crippen molar-refractivity contribution >= 4 is 50.8 Å². The van der Waals surface area contributed by atoms with Gasteiger partial charge in [0, 0.05) is 60.0 Å². The lowest BCUT2D eigenvalue weighted by Crippen LogP contribution is -2.19. The number of nitrogens with two attached hydrogens (primary N) is 1. The van der Waals surface area contributed by atoms with Gasteiger partial charge in [0.05, 0.1) is 29.5 Å². The maximum Gasteiger partial charge on any atom is 0.323 e. The number of nitrogens with one attached hydrogen (secondary N) is 2. The van der Waals surface area contributed by atoms with E-state index in [9.17, 15) is 32.2 Å². The molecule has 48 heavy (non-hydrogen) atoms. The number of urea groups is 1. The predicted octanol–water partition coefficient (Wildman–Crippen LogP) is 6.38. The Hall–Kier alpha value is -4.92. The Labute approximate surface area is 278 Å². The number of unbranched alkanes of at least 4 members (excludes halogenated alkanes) is 2. The van der Waals surface area contributed by atoms with Crippen LogP contribution in [-0.4, -0.2) is 58.8 Å². The van der Waals surface area contributed by atoms with Crippen molar-refractivity contribution in [1.82, 2.24) is 4.98 Å². The van der Waals surface area contributed by atoms with Crippen LogP contribution >= 0.6 is 0 Å². The second-order valence-corrected chi connectivity index (χ2v) is 13.5. The van der Waals surface area contributed by atoms with E-state index >= 15 is 0 Å². The predicted molar refractivity (Wildman–Crippen MR) is 179 cm³/mol. The van der Waals surface area contributed by atoms with Crippen molar-refractivity contribution in [2.75, 3.05) is 42.1 Å². The summed E-state index contributed by atoms with van der Waals surface area (Å²) in [4.78, 5) is 52.8. The number of rotatable bonds is 15. The molecule has 258 valence electrons. The van der Waals surface area contributed by atoms with Gasteiger partial charge in [-0.2, -0.15) is 4.36 Å².